The van der Waals surface area contributed by atoms with Crippen molar-refractivity contribution < 1.29 is 23.8 Å². The number of aryl methyl sites for hydroxylation is 1. The first-order valence-electron chi connectivity index (χ1n) is 7.52. The molecule has 1 aliphatic rings. The average molecular weight is 403 g/mol. The molecule has 25 heavy (non-hydrogen) atoms. The Morgan fingerprint density at radius 2 is 2.08 bits per heavy atom. The lowest BCUT2D eigenvalue weighted by molar-refractivity contribution is -0.142. The van der Waals surface area contributed by atoms with Gasteiger partial charge in [0.15, 0.2) is 12.4 Å². The van der Waals surface area contributed by atoms with Gasteiger partial charge in [0.25, 0.3) is 0 Å². The number of carbonyl (C=O) groups is 2. The van der Waals surface area contributed by atoms with Gasteiger partial charge in [-0.05, 0) is 42.3 Å². The molecule has 0 fully saturated rings. The number of benzene rings is 2. The van der Waals surface area contributed by atoms with Crippen molar-refractivity contribution in [2.45, 2.75) is 6.92 Å². The second kappa shape index (κ2) is 7.11. The summed E-state index contributed by atoms with van der Waals surface area (Å²) >= 11 is 3.40. The monoisotopic (exact) mass is 402 g/mol. The summed E-state index contributed by atoms with van der Waals surface area (Å²) in [5, 5.41) is 0. The summed E-state index contributed by atoms with van der Waals surface area (Å²) in [6, 6.07) is 10.9. The minimum Gasteiger partial charge on any atom is -0.482 e. The highest BCUT2D eigenvalue weighted by Crippen LogP contribution is 2.37. The van der Waals surface area contributed by atoms with Crippen LogP contribution in [0.2, 0.25) is 0 Å². The number of rotatable bonds is 4. The van der Waals surface area contributed by atoms with Crippen LogP contribution >= 0.6 is 15.9 Å². The molecule has 128 valence electrons. The standard InChI is InChI=1S/C19H15BrO5/c1-11-6-14(24-10-17(21)23-2)9-15-18(11)19(22)16(25-15)8-12-4-3-5-13(20)7-12/h3-9H,10H2,1-2H3/b16-8-. The molecule has 0 bridgehead atoms. The normalized spacial score (nSPS) is 14.2. The Bertz CT molecular complexity index is 885. The van der Waals surface area contributed by atoms with Crippen molar-refractivity contribution >= 4 is 33.8 Å². The van der Waals surface area contributed by atoms with Crippen molar-refractivity contribution in [2.75, 3.05) is 13.7 Å². The topological polar surface area (TPSA) is 61.8 Å². The smallest absolute Gasteiger partial charge is 0.343 e. The van der Waals surface area contributed by atoms with Gasteiger partial charge in [-0.15, -0.1) is 0 Å². The largest absolute Gasteiger partial charge is 0.482 e. The first-order chi connectivity index (χ1) is 12.0. The lowest BCUT2D eigenvalue weighted by Gasteiger charge is -2.08. The number of methoxy groups -OCH3 is 1. The molecule has 2 aromatic rings. The third kappa shape index (κ3) is 3.74. The summed E-state index contributed by atoms with van der Waals surface area (Å²) < 4.78 is 16.6. The van der Waals surface area contributed by atoms with E-state index in [1.807, 2.05) is 24.3 Å². The van der Waals surface area contributed by atoms with Crippen LogP contribution in [0.3, 0.4) is 0 Å². The number of carbonyl (C=O) groups excluding carboxylic acids is 2. The van der Waals surface area contributed by atoms with Crippen LogP contribution in [-0.2, 0) is 9.53 Å². The zero-order chi connectivity index (χ0) is 18.0. The molecule has 0 N–H and O–H groups in total. The Morgan fingerprint density at radius 1 is 1.28 bits per heavy atom. The zero-order valence-corrected chi connectivity index (χ0v) is 15.3. The van der Waals surface area contributed by atoms with Crippen molar-refractivity contribution in [1.29, 1.82) is 0 Å². The minimum absolute atomic E-state index is 0.174. The quantitative estimate of drug-likeness (QED) is 0.572. The molecule has 0 saturated carbocycles. The van der Waals surface area contributed by atoms with Gasteiger partial charge >= 0.3 is 5.97 Å². The van der Waals surface area contributed by atoms with E-state index in [9.17, 15) is 9.59 Å². The lowest BCUT2D eigenvalue weighted by atomic mass is 10.0. The van der Waals surface area contributed by atoms with Crippen LogP contribution in [0.5, 0.6) is 11.5 Å². The maximum Gasteiger partial charge on any atom is 0.343 e. The van der Waals surface area contributed by atoms with Crippen molar-refractivity contribution in [3.8, 4) is 11.5 Å². The minimum atomic E-state index is -0.481. The van der Waals surface area contributed by atoms with Gasteiger partial charge in [0, 0.05) is 10.5 Å². The molecule has 1 heterocycles. The van der Waals surface area contributed by atoms with Crippen molar-refractivity contribution in [2.24, 2.45) is 0 Å². The number of halogens is 1. The molecular weight excluding hydrogens is 388 g/mol. The van der Waals surface area contributed by atoms with Gasteiger partial charge in [0.1, 0.15) is 11.5 Å². The fraction of sp³-hybridized carbons (Fsp3) is 0.158. The van der Waals surface area contributed by atoms with E-state index < -0.39 is 5.97 Å². The molecule has 0 unspecified atom stereocenters. The summed E-state index contributed by atoms with van der Waals surface area (Å²) in [7, 11) is 1.29. The molecule has 0 saturated heterocycles. The van der Waals surface area contributed by atoms with Crippen LogP contribution in [0.4, 0.5) is 0 Å². The van der Waals surface area contributed by atoms with Crippen LogP contribution in [0, 0.1) is 6.92 Å². The number of ether oxygens (including phenoxy) is 3. The molecule has 0 amide bonds. The Balaban J connectivity index is 1.88. The summed E-state index contributed by atoms with van der Waals surface area (Å²) in [4.78, 5) is 23.8. The number of Topliss-reactive ketones (excluding diaryl/α,β-unsaturated/α-hetero) is 1. The van der Waals surface area contributed by atoms with Gasteiger partial charge in [-0.2, -0.15) is 0 Å². The Labute approximate surface area is 153 Å². The predicted octanol–water partition coefficient (Wildman–Crippen LogP) is 3.93. The van der Waals surface area contributed by atoms with E-state index in [4.69, 9.17) is 9.47 Å². The molecule has 0 radical (unpaired) electrons. The Morgan fingerprint density at radius 3 is 2.80 bits per heavy atom. The van der Waals surface area contributed by atoms with Crippen LogP contribution in [0.25, 0.3) is 6.08 Å². The van der Waals surface area contributed by atoms with Crippen LogP contribution in [0.1, 0.15) is 21.5 Å². The molecule has 5 nitrogen and oxygen atoms in total. The molecule has 0 spiro atoms. The Kier molecular flexibility index (Phi) is 4.90. The third-order valence-corrected chi connectivity index (χ3v) is 4.17. The maximum absolute atomic E-state index is 12.6. The van der Waals surface area contributed by atoms with E-state index in [-0.39, 0.29) is 18.1 Å². The van der Waals surface area contributed by atoms with Crippen molar-refractivity contribution in [1.82, 2.24) is 0 Å². The molecule has 6 heteroatoms. The fourth-order valence-corrected chi connectivity index (χ4v) is 2.93. The third-order valence-electron chi connectivity index (χ3n) is 3.67. The highest BCUT2D eigenvalue weighted by Gasteiger charge is 2.30. The van der Waals surface area contributed by atoms with Crippen molar-refractivity contribution in [3.63, 3.8) is 0 Å². The fourth-order valence-electron chi connectivity index (χ4n) is 2.51. The summed E-state index contributed by atoms with van der Waals surface area (Å²) in [5.74, 6) is 0.461. The molecule has 0 aliphatic carbocycles. The van der Waals surface area contributed by atoms with Crippen molar-refractivity contribution in [3.05, 3.63) is 63.3 Å². The predicted molar refractivity (Wildman–Crippen MR) is 95.8 cm³/mol. The highest BCUT2D eigenvalue weighted by atomic mass is 79.9. The van der Waals surface area contributed by atoms with E-state index in [2.05, 4.69) is 20.7 Å². The SMILES string of the molecule is COC(=O)COc1cc(C)c2c(c1)O/C(=C\c1cccc(Br)c1)C2=O. The molecule has 1 aliphatic heterocycles. The van der Waals surface area contributed by atoms with Crippen LogP contribution in [-0.4, -0.2) is 25.5 Å². The number of allylic oxidation sites excluding steroid dienone is 1. The van der Waals surface area contributed by atoms with Gasteiger partial charge in [-0.25, -0.2) is 4.79 Å². The number of hydrogen-bond donors (Lipinski definition) is 0. The molecule has 0 aromatic heterocycles. The lowest BCUT2D eigenvalue weighted by Crippen LogP contribution is -2.12. The van der Waals surface area contributed by atoms with Crippen LogP contribution in [0.15, 0.2) is 46.6 Å². The summed E-state index contributed by atoms with van der Waals surface area (Å²) in [5.41, 5.74) is 2.08. The summed E-state index contributed by atoms with van der Waals surface area (Å²) in [6.07, 6.45) is 1.70. The molecule has 2 aromatic carbocycles. The van der Waals surface area contributed by atoms with Gasteiger partial charge < -0.3 is 14.2 Å². The Hall–Kier alpha value is -2.60. The van der Waals surface area contributed by atoms with Crippen LogP contribution < -0.4 is 9.47 Å². The first-order valence-corrected chi connectivity index (χ1v) is 8.31. The molecule has 0 atom stereocenters. The number of ketones is 1. The van der Waals surface area contributed by atoms with Gasteiger partial charge in [0.05, 0.1) is 12.7 Å². The van der Waals surface area contributed by atoms with E-state index >= 15 is 0 Å². The van der Waals surface area contributed by atoms with E-state index in [0.717, 1.165) is 15.6 Å². The first kappa shape index (κ1) is 17.2. The molecular formula is C19H15BrO5. The second-order valence-electron chi connectivity index (χ2n) is 5.47. The second-order valence-corrected chi connectivity index (χ2v) is 6.39. The molecule has 3 rings (SSSR count). The van der Waals surface area contributed by atoms with E-state index in [0.29, 0.717) is 17.1 Å². The summed E-state index contributed by atoms with van der Waals surface area (Å²) in [6.45, 7) is 1.59. The maximum atomic E-state index is 12.6. The van der Waals surface area contributed by atoms with E-state index in [1.165, 1.54) is 7.11 Å². The highest BCUT2D eigenvalue weighted by molar-refractivity contribution is 9.10. The number of hydrogen-bond acceptors (Lipinski definition) is 5. The van der Waals surface area contributed by atoms with Gasteiger partial charge in [-0.1, -0.05) is 28.1 Å². The number of fused-ring (bicyclic) bond motifs is 1. The average Bonchev–Trinajstić information content (AvgIpc) is 2.89. The zero-order valence-electron chi connectivity index (χ0n) is 13.7. The van der Waals surface area contributed by atoms with Gasteiger partial charge in [-0.3, -0.25) is 4.79 Å². The van der Waals surface area contributed by atoms with Gasteiger partial charge in [0.2, 0.25) is 5.78 Å². The number of esters is 1. The van der Waals surface area contributed by atoms with E-state index in [1.54, 1.807) is 25.1 Å².